The van der Waals surface area contributed by atoms with E-state index in [2.05, 4.69) is 16.9 Å². The van der Waals surface area contributed by atoms with E-state index in [4.69, 9.17) is 16.3 Å². The molecule has 0 aliphatic rings. The van der Waals surface area contributed by atoms with E-state index in [-0.39, 0.29) is 0 Å². The van der Waals surface area contributed by atoms with Crippen LogP contribution < -0.4 is 4.74 Å². The van der Waals surface area contributed by atoms with Crippen molar-refractivity contribution in [3.8, 4) is 11.6 Å². The second-order valence-electron chi connectivity index (χ2n) is 3.58. The maximum absolute atomic E-state index is 5.92. The van der Waals surface area contributed by atoms with Crippen molar-refractivity contribution >= 4 is 23.4 Å². The molecule has 94 valence electrons. The van der Waals surface area contributed by atoms with Gasteiger partial charge in [0.05, 0.1) is 0 Å². The highest BCUT2D eigenvalue weighted by molar-refractivity contribution is 7.98. The Kier molecular flexibility index (Phi) is 4.44. The first-order chi connectivity index (χ1) is 8.72. The molecule has 1 heterocycles. The molecule has 2 rings (SSSR count). The van der Waals surface area contributed by atoms with Gasteiger partial charge in [0.1, 0.15) is 10.9 Å². The molecular formula is C13H13ClN2OS. The summed E-state index contributed by atoms with van der Waals surface area (Å²) in [5.41, 5.74) is 1.14. The van der Waals surface area contributed by atoms with Gasteiger partial charge in [0.25, 0.3) is 0 Å². The average molecular weight is 281 g/mol. The van der Waals surface area contributed by atoms with Crippen molar-refractivity contribution in [2.24, 2.45) is 0 Å². The van der Waals surface area contributed by atoms with Gasteiger partial charge in [-0.1, -0.05) is 48.5 Å². The van der Waals surface area contributed by atoms with Crippen LogP contribution in [0.2, 0.25) is 5.15 Å². The van der Waals surface area contributed by atoms with Crippen LogP contribution in [0.4, 0.5) is 0 Å². The quantitative estimate of drug-likeness (QED) is 0.477. The first kappa shape index (κ1) is 13.2. The molecule has 0 amide bonds. The molecule has 0 radical (unpaired) electrons. The molecule has 0 bridgehead atoms. The van der Waals surface area contributed by atoms with Crippen molar-refractivity contribution in [2.45, 2.75) is 18.5 Å². The summed E-state index contributed by atoms with van der Waals surface area (Å²) in [4.78, 5) is 8.34. The highest BCUT2D eigenvalue weighted by Gasteiger charge is 2.07. The second-order valence-corrected chi connectivity index (χ2v) is 4.74. The van der Waals surface area contributed by atoms with E-state index < -0.39 is 0 Å². The average Bonchev–Trinajstić information content (AvgIpc) is 2.38. The van der Waals surface area contributed by atoms with Gasteiger partial charge in [-0.05, 0) is 24.3 Å². The van der Waals surface area contributed by atoms with Gasteiger partial charge in [0, 0.05) is 6.07 Å². The minimum absolute atomic E-state index is 0.387. The smallest absolute Gasteiger partial charge is 0.224 e. The van der Waals surface area contributed by atoms with Crippen LogP contribution in [-0.4, -0.2) is 16.2 Å². The van der Waals surface area contributed by atoms with E-state index in [0.29, 0.717) is 16.2 Å². The van der Waals surface area contributed by atoms with E-state index in [9.17, 15) is 0 Å². The van der Waals surface area contributed by atoms with Crippen LogP contribution in [0.1, 0.15) is 12.5 Å². The molecule has 1 aromatic heterocycles. The highest BCUT2D eigenvalue weighted by Crippen LogP contribution is 2.26. The van der Waals surface area contributed by atoms with Gasteiger partial charge in [-0.3, -0.25) is 0 Å². The largest absolute Gasteiger partial charge is 0.439 e. The van der Waals surface area contributed by atoms with Crippen LogP contribution in [0, 0.1) is 0 Å². The first-order valence-electron chi connectivity index (χ1n) is 5.57. The van der Waals surface area contributed by atoms with Crippen molar-refractivity contribution in [3.05, 3.63) is 41.0 Å². The Balaban J connectivity index is 2.30. The van der Waals surface area contributed by atoms with Crippen LogP contribution in [0.15, 0.2) is 35.5 Å². The lowest BCUT2D eigenvalue weighted by Gasteiger charge is -2.09. The van der Waals surface area contributed by atoms with Crippen molar-refractivity contribution in [1.29, 1.82) is 0 Å². The zero-order valence-corrected chi connectivity index (χ0v) is 11.8. The normalized spacial score (nSPS) is 10.4. The Labute approximate surface area is 116 Å². The zero-order valence-electron chi connectivity index (χ0n) is 10.2. The monoisotopic (exact) mass is 280 g/mol. The Morgan fingerprint density at radius 3 is 2.78 bits per heavy atom. The van der Waals surface area contributed by atoms with Crippen LogP contribution in [-0.2, 0) is 6.42 Å². The molecule has 5 heteroatoms. The van der Waals surface area contributed by atoms with Crippen molar-refractivity contribution < 1.29 is 4.74 Å². The van der Waals surface area contributed by atoms with Gasteiger partial charge in [-0.25, -0.2) is 4.98 Å². The van der Waals surface area contributed by atoms with Gasteiger partial charge in [0.15, 0.2) is 5.16 Å². The number of nitrogens with zero attached hydrogens (tertiary/aromatic N) is 2. The van der Waals surface area contributed by atoms with Gasteiger partial charge in [-0.2, -0.15) is 4.98 Å². The molecule has 0 atom stereocenters. The minimum atomic E-state index is 0.387. The number of halogens is 1. The fraction of sp³-hybridized carbons (Fsp3) is 0.231. The van der Waals surface area contributed by atoms with Gasteiger partial charge in [-0.15, -0.1) is 0 Å². The Bertz CT molecular complexity index is 548. The van der Waals surface area contributed by atoms with Crippen LogP contribution >= 0.6 is 23.4 Å². The number of hydrogen-bond acceptors (Lipinski definition) is 4. The van der Waals surface area contributed by atoms with E-state index in [0.717, 1.165) is 17.7 Å². The molecule has 18 heavy (non-hydrogen) atoms. The third kappa shape index (κ3) is 3.15. The van der Waals surface area contributed by atoms with Gasteiger partial charge >= 0.3 is 0 Å². The molecule has 0 unspecified atom stereocenters. The summed E-state index contributed by atoms with van der Waals surface area (Å²) < 4.78 is 5.77. The lowest BCUT2D eigenvalue weighted by molar-refractivity contribution is 0.450. The summed E-state index contributed by atoms with van der Waals surface area (Å²) >= 11 is 7.36. The number of hydrogen-bond donors (Lipinski definition) is 0. The first-order valence-corrected chi connectivity index (χ1v) is 7.17. The third-order valence-corrected chi connectivity index (χ3v) is 3.14. The Morgan fingerprint density at radius 2 is 2.06 bits per heavy atom. The summed E-state index contributed by atoms with van der Waals surface area (Å²) in [6.45, 7) is 2.09. The molecular weight excluding hydrogens is 268 g/mol. The molecule has 0 spiro atoms. The van der Waals surface area contributed by atoms with Gasteiger partial charge in [0.2, 0.25) is 5.88 Å². The lowest BCUT2D eigenvalue weighted by atomic mass is 10.1. The van der Waals surface area contributed by atoms with Crippen molar-refractivity contribution in [3.63, 3.8) is 0 Å². The third-order valence-electron chi connectivity index (χ3n) is 2.40. The van der Waals surface area contributed by atoms with Crippen LogP contribution in [0.3, 0.4) is 0 Å². The standard InChI is InChI=1S/C13H13ClN2OS/c1-3-9-6-4-5-7-10(9)17-12-8-11(14)15-13(16-12)18-2/h4-8H,3H2,1-2H3. The number of benzene rings is 1. The Hall–Kier alpha value is -1.26. The van der Waals surface area contributed by atoms with Crippen LogP contribution in [0.5, 0.6) is 11.6 Å². The van der Waals surface area contributed by atoms with Crippen LogP contribution in [0.25, 0.3) is 0 Å². The fourth-order valence-corrected chi connectivity index (χ4v) is 2.12. The predicted octanol–water partition coefficient (Wildman–Crippen LogP) is 4.21. The van der Waals surface area contributed by atoms with E-state index in [1.807, 2.05) is 30.5 Å². The number of aryl methyl sites for hydroxylation is 1. The fourth-order valence-electron chi connectivity index (χ4n) is 1.53. The molecule has 0 aliphatic carbocycles. The predicted molar refractivity (Wildman–Crippen MR) is 74.7 cm³/mol. The molecule has 0 saturated carbocycles. The van der Waals surface area contributed by atoms with E-state index >= 15 is 0 Å². The highest BCUT2D eigenvalue weighted by atomic mass is 35.5. The molecule has 0 aliphatic heterocycles. The number of rotatable bonds is 4. The SMILES string of the molecule is CCc1ccccc1Oc1cc(Cl)nc(SC)n1. The number of para-hydroxylation sites is 1. The molecule has 0 fully saturated rings. The summed E-state index contributed by atoms with van der Waals surface area (Å²) in [7, 11) is 0. The summed E-state index contributed by atoms with van der Waals surface area (Å²) in [6, 6.07) is 9.51. The van der Waals surface area contributed by atoms with Crippen molar-refractivity contribution in [2.75, 3.05) is 6.26 Å². The molecule has 0 N–H and O–H groups in total. The summed E-state index contributed by atoms with van der Waals surface area (Å²) in [6.07, 6.45) is 2.81. The second kappa shape index (κ2) is 6.07. The minimum Gasteiger partial charge on any atom is -0.439 e. The van der Waals surface area contributed by atoms with E-state index in [1.54, 1.807) is 6.07 Å². The molecule has 3 nitrogen and oxygen atoms in total. The topological polar surface area (TPSA) is 35.0 Å². The number of thioether (sulfide) groups is 1. The zero-order chi connectivity index (χ0) is 13.0. The maximum atomic E-state index is 5.92. The summed E-state index contributed by atoms with van der Waals surface area (Å²) in [5.74, 6) is 1.28. The lowest BCUT2D eigenvalue weighted by Crippen LogP contribution is -1.95. The Morgan fingerprint density at radius 1 is 1.28 bits per heavy atom. The number of aromatic nitrogens is 2. The maximum Gasteiger partial charge on any atom is 0.224 e. The van der Waals surface area contributed by atoms with Crippen molar-refractivity contribution in [1.82, 2.24) is 9.97 Å². The molecule has 2 aromatic rings. The number of ether oxygens (including phenoxy) is 1. The molecule has 0 saturated heterocycles. The van der Waals surface area contributed by atoms with E-state index in [1.165, 1.54) is 11.8 Å². The molecule has 1 aromatic carbocycles. The van der Waals surface area contributed by atoms with Gasteiger partial charge < -0.3 is 4.74 Å². The summed E-state index contributed by atoms with van der Waals surface area (Å²) in [5, 5.41) is 0.991.